The van der Waals surface area contributed by atoms with Gasteiger partial charge in [-0.1, -0.05) is 0 Å². The van der Waals surface area contributed by atoms with Crippen molar-refractivity contribution in [2.24, 2.45) is 0 Å². The van der Waals surface area contributed by atoms with Gasteiger partial charge < -0.3 is 20.8 Å². The Morgan fingerprint density at radius 3 is 2.48 bits per heavy atom. The smallest absolute Gasteiger partial charge is 0.431 e. The van der Waals surface area contributed by atoms with Gasteiger partial charge in [0.25, 0.3) is 11.5 Å². The molecule has 25 heavy (non-hydrogen) atoms. The molecule has 2 aromatic rings. The molecule has 3 rings (SSSR count). The molecule has 132 valence electrons. The number of alkyl halides is 3. The summed E-state index contributed by atoms with van der Waals surface area (Å²) in [5.74, 6) is -1.96. The van der Waals surface area contributed by atoms with E-state index in [1.807, 2.05) is 0 Å². The summed E-state index contributed by atoms with van der Waals surface area (Å²) in [6.07, 6.45) is -4.97. The molecule has 1 aromatic heterocycles. The average Bonchev–Trinajstić information content (AvgIpc) is 2.49. The Morgan fingerprint density at radius 2 is 1.88 bits per heavy atom. The van der Waals surface area contributed by atoms with E-state index in [9.17, 15) is 31.9 Å². The fourth-order valence-corrected chi connectivity index (χ4v) is 2.28. The number of hydrogen-bond donors (Lipinski definition) is 3. The predicted octanol–water partition coefficient (Wildman–Crippen LogP) is 0.597. The number of aromatic amines is 1. The van der Waals surface area contributed by atoms with Crippen LogP contribution < -0.4 is 27.0 Å². The van der Waals surface area contributed by atoms with Crippen LogP contribution in [-0.4, -0.2) is 22.1 Å². The summed E-state index contributed by atoms with van der Waals surface area (Å²) in [5, 5.41) is 2.28. The van der Waals surface area contributed by atoms with E-state index in [0.29, 0.717) is 0 Å². The number of ether oxygens (including phenoxy) is 1. The number of benzene rings is 1. The average molecular weight is 360 g/mol. The molecule has 0 radical (unpaired) electrons. The zero-order valence-electron chi connectivity index (χ0n) is 12.0. The van der Waals surface area contributed by atoms with Crippen LogP contribution in [0.15, 0.2) is 21.7 Å². The van der Waals surface area contributed by atoms with Gasteiger partial charge in [0.15, 0.2) is 12.4 Å². The van der Waals surface area contributed by atoms with Crippen LogP contribution in [0.4, 0.5) is 28.9 Å². The molecule has 0 atom stereocenters. The Morgan fingerprint density at radius 1 is 1.20 bits per heavy atom. The van der Waals surface area contributed by atoms with E-state index in [1.165, 1.54) is 4.98 Å². The topological polar surface area (TPSA) is 119 Å². The molecule has 0 aliphatic carbocycles. The minimum atomic E-state index is -4.97. The van der Waals surface area contributed by atoms with Crippen molar-refractivity contribution in [2.45, 2.75) is 6.18 Å². The van der Waals surface area contributed by atoms with Gasteiger partial charge in [0.2, 0.25) is 0 Å². The second kappa shape index (κ2) is 5.36. The van der Waals surface area contributed by atoms with Gasteiger partial charge in [0.1, 0.15) is 22.8 Å². The van der Waals surface area contributed by atoms with Crippen molar-refractivity contribution in [3.8, 4) is 11.4 Å². The molecule has 1 aromatic carbocycles. The molecule has 1 aliphatic heterocycles. The molecule has 2 heterocycles. The second-order valence-corrected chi connectivity index (χ2v) is 4.99. The Hall–Kier alpha value is -3.31. The first kappa shape index (κ1) is 16.5. The standard InChI is InChI=1S/C13H8F4N4O4/c14-4-1-5-10(20-7(22)3-25-5)9(18)11(4)21-8(23)2-6(13(15,16)17)19-12(21)24/h1-2H,3,18H2,(H,19,24)(H,20,22). The number of nitrogens with zero attached hydrogens (tertiary/aromatic N) is 1. The third kappa shape index (κ3) is 2.70. The number of carbonyl (C=O) groups excluding carboxylic acids is 1. The van der Waals surface area contributed by atoms with E-state index >= 15 is 0 Å². The summed E-state index contributed by atoms with van der Waals surface area (Å²) in [4.78, 5) is 36.7. The van der Waals surface area contributed by atoms with E-state index in [1.54, 1.807) is 0 Å². The van der Waals surface area contributed by atoms with Crippen molar-refractivity contribution in [3.05, 3.63) is 44.5 Å². The van der Waals surface area contributed by atoms with Crippen LogP contribution in [0.1, 0.15) is 5.69 Å². The molecule has 0 saturated carbocycles. The Bertz CT molecular complexity index is 978. The van der Waals surface area contributed by atoms with Crippen LogP contribution in [0.3, 0.4) is 0 Å². The molecular formula is C13H8F4N4O4. The van der Waals surface area contributed by atoms with Crippen molar-refractivity contribution in [2.75, 3.05) is 17.7 Å². The molecule has 1 amide bonds. The quantitative estimate of drug-likeness (QED) is 0.508. The Balaban J connectivity index is 2.28. The van der Waals surface area contributed by atoms with Crippen LogP contribution in [0.5, 0.6) is 5.75 Å². The predicted molar refractivity (Wildman–Crippen MR) is 76.2 cm³/mol. The third-order valence-corrected chi connectivity index (χ3v) is 3.34. The monoisotopic (exact) mass is 360 g/mol. The number of amides is 1. The molecule has 0 saturated heterocycles. The highest BCUT2D eigenvalue weighted by Crippen LogP contribution is 2.38. The summed E-state index contributed by atoms with van der Waals surface area (Å²) < 4.78 is 57.2. The highest BCUT2D eigenvalue weighted by Gasteiger charge is 2.34. The van der Waals surface area contributed by atoms with Gasteiger partial charge in [-0.15, -0.1) is 0 Å². The molecule has 1 aliphatic rings. The normalized spacial score (nSPS) is 13.8. The molecule has 0 bridgehead atoms. The van der Waals surface area contributed by atoms with E-state index in [0.717, 1.165) is 6.07 Å². The van der Waals surface area contributed by atoms with Gasteiger partial charge in [0.05, 0.1) is 5.69 Å². The van der Waals surface area contributed by atoms with Crippen LogP contribution in [0, 0.1) is 5.82 Å². The fraction of sp³-hybridized carbons (Fsp3) is 0.154. The van der Waals surface area contributed by atoms with E-state index in [2.05, 4.69) is 5.32 Å². The number of fused-ring (bicyclic) bond motifs is 1. The van der Waals surface area contributed by atoms with Crippen molar-refractivity contribution >= 4 is 17.3 Å². The third-order valence-electron chi connectivity index (χ3n) is 3.34. The zero-order valence-corrected chi connectivity index (χ0v) is 12.0. The number of H-pyrrole nitrogens is 1. The largest absolute Gasteiger partial charge is 0.481 e. The van der Waals surface area contributed by atoms with Crippen LogP contribution in [0.2, 0.25) is 0 Å². The summed E-state index contributed by atoms with van der Waals surface area (Å²) in [6.45, 7) is -0.397. The van der Waals surface area contributed by atoms with Crippen LogP contribution >= 0.6 is 0 Å². The summed E-state index contributed by atoms with van der Waals surface area (Å²) in [5.41, 5.74) is -0.444. The number of hydrogen-bond acceptors (Lipinski definition) is 5. The highest BCUT2D eigenvalue weighted by molar-refractivity contribution is 6.00. The van der Waals surface area contributed by atoms with Crippen molar-refractivity contribution in [1.82, 2.24) is 9.55 Å². The molecule has 0 fully saturated rings. The van der Waals surface area contributed by atoms with Crippen molar-refractivity contribution in [3.63, 3.8) is 0 Å². The summed E-state index contributed by atoms with van der Waals surface area (Å²) in [6, 6.07) is 0.846. The number of carbonyl (C=O) groups is 1. The lowest BCUT2D eigenvalue weighted by Crippen LogP contribution is -2.37. The van der Waals surface area contributed by atoms with Gasteiger partial charge in [0, 0.05) is 12.1 Å². The number of rotatable bonds is 1. The number of nitrogens with two attached hydrogens (primary N) is 1. The Kier molecular flexibility index (Phi) is 3.55. The first-order chi connectivity index (χ1) is 11.6. The summed E-state index contributed by atoms with van der Waals surface area (Å²) >= 11 is 0. The Labute approximate surface area is 134 Å². The number of nitrogens with one attached hydrogen (secondary N) is 2. The van der Waals surface area contributed by atoms with Crippen molar-refractivity contribution < 1.29 is 27.1 Å². The molecule has 0 unspecified atom stereocenters. The molecule has 0 spiro atoms. The number of nitrogen functional groups attached to an aromatic ring is 1. The molecule has 8 nitrogen and oxygen atoms in total. The minimum absolute atomic E-state index is 0.0921. The number of anilines is 2. The number of halogens is 4. The first-order valence-electron chi connectivity index (χ1n) is 6.58. The van der Waals surface area contributed by atoms with Crippen LogP contribution in [0.25, 0.3) is 5.69 Å². The van der Waals surface area contributed by atoms with Gasteiger partial charge in [-0.2, -0.15) is 13.2 Å². The molecule has 12 heteroatoms. The maximum Gasteiger partial charge on any atom is 0.431 e. The van der Waals surface area contributed by atoms with Gasteiger partial charge in [-0.3, -0.25) is 9.59 Å². The molecular weight excluding hydrogens is 352 g/mol. The van der Waals surface area contributed by atoms with Gasteiger partial charge in [-0.25, -0.2) is 13.8 Å². The highest BCUT2D eigenvalue weighted by atomic mass is 19.4. The van der Waals surface area contributed by atoms with E-state index in [4.69, 9.17) is 10.5 Å². The van der Waals surface area contributed by atoms with E-state index < -0.39 is 52.8 Å². The van der Waals surface area contributed by atoms with Crippen molar-refractivity contribution in [1.29, 1.82) is 0 Å². The SMILES string of the molecule is Nc1c2c(cc(F)c1-n1c(=O)cc(C(F)(F)F)[nH]c1=O)OCC(=O)N2. The van der Waals surface area contributed by atoms with Crippen LogP contribution in [-0.2, 0) is 11.0 Å². The lowest BCUT2D eigenvalue weighted by Gasteiger charge is -2.22. The van der Waals surface area contributed by atoms with E-state index in [-0.39, 0.29) is 22.1 Å². The minimum Gasteiger partial charge on any atom is -0.481 e. The first-order valence-corrected chi connectivity index (χ1v) is 6.58. The summed E-state index contributed by atoms with van der Waals surface area (Å²) in [7, 11) is 0. The van der Waals surface area contributed by atoms with Gasteiger partial charge >= 0.3 is 11.9 Å². The lowest BCUT2D eigenvalue weighted by atomic mass is 10.1. The fourth-order valence-electron chi connectivity index (χ4n) is 2.28. The second-order valence-electron chi connectivity index (χ2n) is 4.99. The number of aromatic nitrogens is 2. The maximum absolute atomic E-state index is 14.3. The zero-order chi connectivity index (χ0) is 18.5. The maximum atomic E-state index is 14.3. The van der Waals surface area contributed by atoms with Gasteiger partial charge in [-0.05, 0) is 0 Å². The lowest BCUT2D eigenvalue weighted by molar-refractivity contribution is -0.141. The molecule has 4 N–H and O–H groups in total.